The Hall–Kier alpha value is -1.80. The molecule has 186 valence electrons. The molecule has 2 unspecified atom stereocenters. The molecule has 1 fully saturated rings. The smallest absolute Gasteiger partial charge is 0.264 e. The Bertz CT molecular complexity index is 1190. The average Bonchev–Trinajstić information content (AvgIpc) is 3.62. The molecule has 2 aromatic carbocycles. The number of benzene rings is 2. The number of alkyl halides is 4. The highest BCUT2D eigenvalue weighted by Crippen LogP contribution is 2.36. The number of amides is 2. The Morgan fingerprint density at radius 3 is 2.43 bits per heavy atom. The second-order valence-electron chi connectivity index (χ2n) is 8.07. The van der Waals surface area contributed by atoms with E-state index in [0.717, 1.165) is 0 Å². The highest BCUT2D eigenvalue weighted by Gasteiger charge is 2.45. The Morgan fingerprint density at radius 1 is 1.17 bits per heavy atom. The minimum absolute atomic E-state index is 0.0171. The molecule has 0 aliphatic heterocycles. The average molecular weight is 655 g/mol. The van der Waals surface area contributed by atoms with E-state index in [1.54, 1.807) is 12.1 Å². The third kappa shape index (κ3) is 6.50. The standard InChI is InChI=1S/C24H21Cl3F2IN3O2/c1-30-20-5-2-13(8-16(20)21(28)29)17(10-25)18(11-26)22(34)32-14-3-4-19(27)15(9-14)23(35)33-24(12-31)6-7-24/h2-5,8-9,17-18,21H,1,6-7,10-11H2,(H,32,34)(H,33,35). The normalized spacial score (nSPS) is 15.7. The van der Waals surface area contributed by atoms with Crippen LogP contribution in [0.15, 0.2) is 36.4 Å². The van der Waals surface area contributed by atoms with Crippen LogP contribution in [0, 0.1) is 20.8 Å². The van der Waals surface area contributed by atoms with E-state index in [2.05, 4.69) is 21.2 Å². The van der Waals surface area contributed by atoms with Crippen LogP contribution in [0.1, 0.15) is 46.7 Å². The molecule has 2 atom stereocenters. The van der Waals surface area contributed by atoms with Crippen molar-refractivity contribution in [2.45, 2.75) is 30.7 Å². The molecule has 1 aliphatic carbocycles. The molecule has 3 rings (SSSR count). The third-order valence-electron chi connectivity index (χ3n) is 5.78. The van der Waals surface area contributed by atoms with Crippen LogP contribution >= 0.6 is 55.5 Å². The summed E-state index contributed by atoms with van der Waals surface area (Å²) in [6.07, 6.45) is -1.55. The van der Waals surface area contributed by atoms with Crippen molar-refractivity contribution in [3.05, 3.63) is 61.7 Å². The van der Waals surface area contributed by atoms with Crippen molar-refractivity contribution in [3.8, 4) is 6.07 Å². The lowest BCUT2D eigenvalue weighted by Crippen LogP contribution is -2.35. The molecule has 2 amide bonds. The van der Waals surface area contributed by atoms with Crippen LogP contribution in [0.4, 0.5) is 14.5 Å². The fourth-order valence-electron chi connectivity index (χ4n) is 3.56. The van der Waals surface area contributed by atoms with Gasteiger partial charge in [-0.05, 0) is 48.7 Å². The lowest BCUT2D eigenvalue weighted by Gasteiger charge is -2.24. The largest absolute Gasteiger partial charge is 0.334 e. The zero-order valence-corrected chi connectivity index (χ0v) is 22.7. The zero-order valence-electron chi connectivity index (χ0n) is 18.3. The predicted octanol–water partition coefficient (Wildman–Crippen LogP) is 6.45. The molecule has 0 spiro atoms. The summed E-state index contributed by atoms with van der Waals surface area (Å²) in [5.74, 6) is -2.59. The molecular formula is C24H21Cl3F2IN3O2. The highest BCUT2D eigenvalue weighted by molar-refractivity contribution is 14.2. The van der Waals surface area contributed by atoms with Crippen LogP contribution in [0.2, 0.25) is 5.02 Å². The highest BCUT2D eigenvalue weighted by atomic mass is 127. The molecule has 0 bridgehead atoms. The van der Waals surface area contributed by atoms with Crippen molar-refractivity contribution in [3.63, 3.8) is 0 Å². The van der Waals surface area contributed by atoms with Crippen molar-refractivity contribution in [2.75, 3.05) is 17.1 Å². The van der Waals surface area contributed by atoms with Gasteiger partial charge in [-0.2, -0.15) is 5.26 Å². The predicted molar refractivity (Wildman–Crippen MR) is 144 cm³/mol. The van der Waals surface area contributed by atoms with E-state index < -0.39 is 56.3 Å². The first kappa shape index (κ1) is 27.8. The summed E-state index contributed by atoms with van der Waals surface area (Å²) in [5, 5.41) is 14.7. The summed E-state index contributed by atoms with van der Waals surface area (Å²) in [7, 11) is 0. The van der Waals surface area contributed by atoms with Gasteiger partial charge in [0.05, 0.1) is 22.6 Å². The van der Waals surface area contributed by atoms with Gasteiger partial charge >= 0.3 is 0 Å². The van der Waals surface area contributed by atoms with Gasteiger partial charge in [0.25, 0.3) is 12.3 Å². The quantitative estimate of drug-likeness (QED) is 0.228. The minimum atomic E-state index is -2.67. The summed E-state index contributed by atoms with van der Waals surface area (Å²) in [6.45, 7) is 0. The SMILES string of the molecule is C=Ic1ccc(C(CCl)C(CCl)C(=O)Nc2ccc(Cl)c(C(=O)NC3(C#N)CC3)c2)cc1C(F)F. The van der Waals surface area contributed by atoms with E-state index in [4.69, 9.17) is 34.8 Å². The molecule has 35 heavy (non-hydrogen) atoms. The fourth-order valence-corrected chi connectivity index (χ4v) is 5.77. The van der Waals surface area contributed by atoms with Crippen LogP contribution in [-0.4, -0.2) is 33.6 Å². The van der Waals surface area contributed by atoms with Crippen LogP contribution in [-0.2, 0) is 4.79 Å². The summed E-state index contributed by atoms with van der Waals surface area (Å²) in [5.41, 5.74) is -0.0939. The molecule has 11 heteroatoms. The van der Waals surface area contributed by atoms with Crippen LogP contribution in [0.3, 0.4) is 0 Å². The molecule has 2 N–H and O–H groups in total. The molecule has 2 aromatic rings. The van der Waals surface area contributed by atoms with Crippen molar-refractivity contribution in [2.24, 2.45) is 5.92 Å². The van der Waals surface area contributed by atoms with Crippen molar-refractivity contribution >= 4 is 77.5 Å². The number of nitrogens with one attached hydrogen (secondary N) is 2. The zero-order chi connectivity index (χ0) is 25.8. The lowest BCUT2D eigenvalue weighted by atomic mass is 9.87. The molecule has 0 saturated heterocycles. The van der Waals surface area contributed by atoms with E-state index >= 15 is 0 Å². The van der Waals surface area contributed by atoms with Crippen molar-refractivity contribution in [1.29, 1.82) is 5.26 Å². The minimum Gasteiger partial charge on any atom is -0.334 e. The number of rotatable bonds is 10. The van der Waals surface area contributed by atoms with E-state index in [9.17, 15) is 23.6 Å². The first-order valence-electron chi connectivity index (χ1n) is 10.4. The molecule has 0 radical (unpaired) electrons. The first-order valence-corrected chi connectivity index (χ1v) is 14.5. The molecule has 1 aliphatic rings. The number of nitriles is 1. The second kappa shape index (κ2) is 12.0. The van der Waals surface area contributed by atoms with Gasteiger partial charge < -0.3 is 10.6 Å². The molecule has 5 nitrogen and oxygen atoms in total. The Morgan fingerprint density at radius 2 is 1.89 bits per heavy atom. The fraction of sp³-hybridized carbons (Fsp3) is 0.333. The van der Waals surface area contributed by atoms with Gasteiger partial charge in [0.2, 0.25) is 5.91 Å². The topological polar surface area (TPSA) is 82.0 Å². The second-order valence-corrected chi connectivity index (χ2v) is 11.0. The van der Waals surface area contributed by atoms with Crippen molar-refractivity contribution in [1.82, 2.24) is 5.32 Å². The van der Waals surface area contributed by atoms with E-state index in [1.807, 2.05) is 0 Å². The Labute approximate surface area is 226 Å². The molecule has 1 saturated carbocycles. The van der Waals surface area contributed by atoms with Crippen molar-refractivity contribution < 1.29 is 18.4 Å². The van der Waals surface area contributed by atoms with Gasteiger partial charge in [-0.1, -0.05) is 42.9 Å². The molecule has 0 heterocycles. The summed E-state index contributed by atoms with van der Waals surface area (Å²) in [4.78, 5) is 25.8. The first-order chi connectivity index (χ1) is 16.7. The Kier molecular flexibility index (Phi) is 9.49. The number of hydrogen-bond donors (Lipinski definition) is 2. The summed E-state index contributed by atoms with van der Waals surface area (Å²) in [6, 6.07) is 11.1. The molecular weight excluding hydrogens is 634 g/mol. The summed E-state index contributed by atoms with van der Waals surface area (Å²) < 4.78 is 31.4. The van der Waals surface area contributed by atoms with Gasteiger partial charge in [0.1, 0.15) is 5.54 Å². The van der Waals surface area contributed by atoms with E-state index in [-0.39, 0.29) is 27.9 Å². The molecule has 0 aromatic heterocycles. The van der Waals surface area contributed by atoms with Crippen LogP contribution < -0.4 is 10.6 Å². The monoisotopic (exact) mass is 653 g/mol. The summed E-state index contributed by atoms with van der Waals surface area (Å²) >= 11 is 17.7. The maximum atomic E-state index is 13.5. The van der Waals surface area contributed by atoms with Gasteiger partial charge in [-0.25, -0.2) is 8.78 Å². The number of carbonyl (C=O) groups excluding carboxylic acids is 2. The third-order valence-corrected chi connectivity index (χ3v) is 8.58. The van der Waals surface area contributed by atoms with Gasteiger partial charge in [0.15, 0.2) is 0 Å². The number of carbonyl (C=O) groups is 2. The Balaban J connectivity index is 1.82. The van der Waals surface area contributed by atoms with Crippen LogP contribution in [0.5, 0.6) is 0 Å². The van der Waals surface area contributed by atoms with Gasteiger partial charge in [-0.3, -0.25) is 9.59 Å². The van der Waals surface area contributed by atoms with Crippen LogP contribution in [0.25, 0.3) is 0 Å². The van der Waals surface area contributed by atoms with Gasteiger partial charge in [0, 0.05) is 32.5 Å². The van der Waals surface area contributed by atoms with Gasteiger partial charge in [-0.15, -0.1) is 23.2 Å². The number of halogens is 6. The number of nitrogens with zero attached hydrogens (tertiary/aromatic N) is 1. The number of hydrogen-bond acceptors (Lipinski definition) is 3. The van der Waals surface area contributed by atoms with E-state index in [0.29, 0.717) is 27.7 Å². The maximum Gasteiger partial charge on any atom is 0.264 e. The maximum absolute atomic E-state index is 13.5. The lowest BCUT2D eigenvalue weighted by molar-refractivity contribution is -0.119. The number of anilines is 1. The van der Waals surface area contributed by atoms with E-state index in [1.165, 1.54) is 24.3 Å².